The third-order valence-corrected chi connectivity index (χ3v) is 7.57. The second kappa shape index (κ2) is 9.29. The van der Waals surface area contributed by atoms with Crippen LogP contribution in [0.15, 0.2) is 54.6 Å². The summed E-state index contributed by atoms with van der Waals surface area (Å²) in [6, 6.07) is 17.5. The molecule has 0 radical (unpaired) electrons. The molecule has 2 aromatic rings. The number of benzene rings is 2. The first-order valence-corrected chi connectivity index (χ1v) is 12.3. The molecule has 0 aliphatic carbocycles. The predicted molar refractivity (Wildman–Crippen MR) is 118 cm³/mol. The second-order valence-electron chi connectivity index (χ2n) is 8.08. The van der Waals surface area contributed by atoms with Gasteiger partial charge < -0.3 is 10.1 Å². The molecule has 2 atom stereocenters. The predicted octanol–water partition coefficient (Wildman–Crippen LogP) is 2.96. The van der Waals surface area contributed by atoms with Gasteiger partial charge in [-0.2, -0.15) is 0 Å². The van der Waals surface area contributed by atoms with E-state index >= 15 is 0 Å². The van der Waals surface area contributed by atoms with Crippen LogP contribution in [0.1, 0.15) is 19.3 Å². The Labute approximate surface area is 178 Å². The number of anilines is 1. The molecule has 6 nitrogen and oxygen atoms in total. The van der Waals surface area contributed by atoms with Crippen molar-refractivity contribution in [1.82, 2.24) is 4.90 Å². The SMILES string of the molecule is O=C(CN(CC1CCCO1)C1CCS(=O)(=O)C1)Nc1ccccc1-c1ccccc1. The molecule has 2 aliphatic rings. The Bertz CT molecular complexity index is 972. The van der Waals surface area contributed by atoms with E-state index in [0.29, 0.717) is 13.0 Å². The number of nitrogens with one attached hydrogen (secondary N) is 1. The van der Waals surface area contributed by atoms with Crippen LogP contribution < -0.4 is 5.32 Å². The van der Waals surface area contributed by atoms with E-state index in [-0.39, 0.29) is 36.1 Å². The number of sulfone groups is 1. The van der Waals surface area contributed by atoms with Crippen molar-refractivity contribution in [2.75, 3.05) is 36.5 Å². The molecule has 30 heavy (non-hydrogen) atoms. The molecule has 0 spiro atoms. The molecule has 1 amide bonds. The third-order valence-electron chi connectivity index (χ3n) is 5.82. The maximum atomic E-state index is 13.0. The van der Waals surface area contributed by atoms with Gasteiger partial charge >= 0.3 is 0 Å². The van der Waals surface area contributed by atoms with Crippen LogP contribution in [0.4, 0.5) is 5.69 Å². The van der Waals surface area contributed by atoms with E-state index in [2.05, 4.69) is 5.32 Å². The van der Waals surface area contributed by atoms with E-state index in [0.717, 1.165) is 36.3 Å². The highest BCUT2D eigenvalue weighted by atomic mass is 32.2. The van der Waals surface area contributed by atoms with Gasteiger partial charge in [0.05, 0.1) is 24.2 Å². The van der Waals surface area contributed by atoms with Crippen LogP contribution in [-0.4, -0.2) is 62.6 Å². The Morgan fingerprint density at radius 3 is 2.53 bits per heavy atom. The number of hydrogen-bond donors (Lipinski definition) is 1. The van der Waals surface area contributed by atoms with E-state index in [4.69, 9.17) is 4.74 Å². The summed E-state index contributed by atoms with van der Waals surface area (Å²) in [5, 5.41) is 3.04. The van der Waals surface area contributed by atoms with Gasteiger partial charge in [0, 0.05) is 30.4 Å². The van der Waals surface area contributed by atoms with Crippen LogP contribution in [-0.2, 0) is 19.4 Å². The van der Waals surface area contributed by atoms with Crippen LogP contribution in [0.5, 0.6) is 0 Å². The number of para-hydroxylation sites is 1. The molecular formula is C23H28N2O4S. The summed E-state index contributed by atoms with van der Waals surface area (Å²) >= 11 is 0. The van der Waals surface area contributed by atoms with Gasteiger partial charge in [0.15, 0.2) is 9.84 Å². The van der Waals surface area contributed by atoms with Gasteiger partial charge in [0.1, 0.15) is 0 Å². The van der Waals surface area contributed by atoms with Gasteiger partial charge in [-0.15, -0.1) is 0 Å². The number of nitrogens with zero attached hydrogens (tertiary/aromatic N) is 1. The summed E-state index contributed by atoms with van der Waals surface area (Å²) in [5.41, 5.74) is 2.75. The Balaban J connectivity index is 1.48. The van der Waals surface area contributed by atoms with Crippen molar-refractivity contribution in [3.8, 4) is 11.1 Å². The number of hydrogen-bond acceptors (Lipinski definition) is 5. The van der Waals surface area contributed by atoms with Crippen LogP contribution in [0, 0.1) is 0 Å². The fourth-order valence-corrected chi connectivity index (χ4v) is 6.05. The molecule has 2 heterocycles. The molecule has 1 N–H and O–H groups in total. The average Bonchev–Trinajstić information content (AvgIpc) is 3.37. The number of rotatable bonds is 7. The van der Waals surface area contributed by atoms with Gasteiger partial charge in [0.25, 0.3) is 0 Å². The molecule has 4 rings (SSSR count). The molecular weight excluding hydrogens is 400 g/mol. The summed E-state index contributed by atoms with van der Waals surface area (Å²) in [6.07, 6.45) is 2.60. The molecule has 2 aliphatic heterocycles. The van der Waals surface area contributed by atoms with Crippen molar-refractivity contribution < 1.29 is 17.9 Å². The summed E-state index contributed by atoms with van der Waals surface area (Å²) < 4.78 is 29.8. The monoisotopic (exact) mass is 428 g/mol. The second-order valence-corrected chi connectivity index (χ2v) is 10.3. The third kappa shape index (κ3) is 5.28. The minimum atomic E-state index is -3.03. The van der Waals surface area contributed by atoms with E-state index in [1.165, 1.54) is 0 Å². The lowest BCUT2D eigenvalue weighted by Crippen LogP contribution is -2.45. The van der Waals surface area contributed by atoms with E-state index in [9.17, 15) is 13.2 Å². The zero-order valence-electron chi connectivity index (χ0n) is 17.0. The first-order chi connectivity index (χ1) is 14.5. The Morgan fingerprint density at radius 2 is 1.83 bits per heavy atom. The molecule has 2 unspecified atom stereocenters. The first kappa shape index (κ1) is 21.0. The maximum absolute atomic E-state index is 13.0. The van der Waals surface area contributed by atoms with E-state index in [1.807, 2.05) is 59.5 Å². The molecule has 2 aromatic carbocycles. The van der Waals surface area contributed by atoms with E-state index < -0.39 is 9.84 Å². The zero-order chi connectivity index (χ0) is 21.0. The van der Waals surface area contributed by atoms with Crippen molar-refractivity contribution in [3.63, 3.8) is 0 Å². The van der Waals surface area contributed by atoms with Crippen molar-refractivity contribution >= 4 is 21.4 Å². The fourth-order valence-electron chi connectivity index (χ4n) is 4.29. The molecule has 2 saturated heterocycles. The first-order valence-electron chi connectivity index (χ1n) is 10.5. The van der Waals surface area contributed by atoms with Crippen molar-refractivity contribution in [2.24, 2.45) is 0 Å². The van der Waals surface area contributed by atoms with Crippen LogP contribution in [0.25, 0.3) is 11.1 Å². The summed E-state index contributed by atoms with van der Waals surface area (Å²) in [4.78, 5) is 15.0. The van der Waals surface area contributed by atoms with Gasteiger partial charge in [0.2, 0.25) is 5.91 Å². The lowest BCUT2D eigenvalue weighted by atomic mass is 10.0. The maximum Gasteiger partial charge on any atom is 0.238 e. The largest absolute Gasteiger partial charge is 0.377 e. The van der Waals surface area contributed by atoms with Gasteiger partial charge in [-0.3, -0.25) is 9.69 Å². The summed E-state index contributed by atoms with van der Waals surface area (Å²) in [5.74, 6) is 0.173. The number of carbonyl (C=O) groups excluding carboxylic acids is 1. The highest BCUT2D eigenvalue weighted by Gasteiger charge is 2.34. The summed E-state index contributed by atoms with van der Waals surface area (Å²) in [7, 11) is -3.03. The Morgan fingerprint density at radius 1 is 1.07 bits per heavy atom. The normalized spacial score (nSPS) is 23.0. The number of ether oxygens (including phenoxy) is 1. The summed E-state index contributed by atoms with van der Waals surface area (Å²) in [6.45, 7) is 1.48. The van der Waals surface area contributed by atoms with Crippen LogP contribution in [0.3, 0.4) is 0 Å². The van der Waals surface area contributed by atoms with Crippen molar-refractivity contribution in [3.05, 3.63) is 54.6 Å². The average molecular weight is 429 g/mol. The van der Waals surface area contributed by atoms with Crippen LogP contribution >= 0.6 is 0 Å². The molecule has 7 heteroatoms. The molecule has 0 saturated carbocycles. The lowest BCUT2D eigenvalue weighted by Gasteiger charge is -2.29. The standard InChI is InChI=1S/C23H28N2O4S/c26-23(24-22-11-5-4-10-21(22)18-7-2-1-3-8-18)16-25(15-20-9-6-13-29-20)19-12-14-30(27,28)17-19/h1-5,7-8,10-11,19-20H,6,9,12-17H2,(H,24,26). The minimum absolute atomic E-state index is 0.0673. The molecule has 160 valence electrons. The molecule has 0 bridgehead atoms. The quantitative estimate of drug-likeness (QED) is 0.734. The molecule has 2 fully saturated rings. The molecule has 0 aromatic heterocycles. The minimum Gasteiger partial charge on any atom is -0.377 e. The number of amides is 1. The highest BCUT2D eigenvalue weighted by molar-refractivity contribution is 7.91. The number of carbonyl (C=O) groups is 1. The van der Waals surface area contributed by atoms with Gasteiger partial charge in [-0.25, -0.2) is 8.42 Å². The van der Waals surface area contributed by atoms with Crippen molar-refractivity contribution in [2.45, 2.75) is 31.4 Å². The zero-order valence-corrected chi connectivity index (χ0v) is 17.8. The smallest absolute Gasteiger partial charge is 0.238 e. The van der Waals surface area contributed by atoms with E-state index in [1.54, 1.807) is 0 Å². The Hall–Kier alpha value is -2.22. The van der Waals surface area contributed by atoms with Crippen LogP contribution in [0.2, 0.25) is 0 Å². The Kier molecular flexibility index (Phi) is 6.51. The highest BCUT2D eigenvalue weighted by Crippen LogP contribution is 2.28. The lowest BCUT2D eigenvalue weighted by molar-refractivity contribution is -0.118. The topological polar surface area (TPSA) is 75.7 Å². The van der Waals surface area contributed by atoms with Gasteiger partial charge in [-0.05, 0) is 30.9 Å². The van der Waals surface area contributed by atoms with Gasteiger partial charge in [-0.1, -0.05) is 48.5 Å². The fraction of sp³-hybridized carbons (Fsp3) is 0.435. The van der Waals surface area contributed by atoms with Crippen molar-refractivity contribution in [1.29, 1.82) is 0 Å².